The molecule has 1 aliphatic heterocycles. The van der Waals surface area contributed by atoms with Crippen molar-refractivity contribution in [1.29, 1.82) is 0 Å². The van der Waals surface area contributed by atoms with Crippen LogP contribution < -0.4 is 0 Å². The molecule has 1 aromatic rings. The lowest BCUT2D eigenvalue weighted by Crippen LogP contribution is -2.52. The van der Waals surface area contributed by atoms with Gasteiger partial charge < -0.3 is 9.52 Å². The Morgan fingerprint density at radius 3 is 2.81 bits per heavy atom. The molecule has 1 aromatic heterocycles. The van der Waals surface area contributed by atoms with Gasteiger partial charge in [-0.1, -0.05) is 6.92 Å². The van der Waals surface area contributed by atoms with Gasteiger partial charge in [-0.3, -0.25) is 0 Å². The molecule has 0 bridgehead atoms. The molecule has 2 atom stereocenters. The van der Waals surface area contributed by atoms with E-state index in [9.17, 15) is 5.11 Å². The van der Waals surface area contributed by atoms with Crippen LogP contribution in [-0.4, -0.2) is 42.3 Å². The lowest BCUT2D eigenvalue weighted by atomic mass is 9.81. The molecular formula is C12H20N2O2. The first-order valence-corrected chi connectivity index (χ1v) is 5.72. The van der Waals surface area contributed by atoms with Crippen molar-refractivity contribution in [2.75, 3.05) is 27.2 Å². The Morgan fingerprint density at radius 2 is 2.31 bits per heavy atom. The number of hydrazine groups is 1. The number of nitrogens with zero attached hydrogens (tertiary/aromatic N) is 2. The van der Waals surface area contributed by atoms with Crippen molar-refractivity contribution < 1.29 is 9.52 Å². The van der Waals surface area contributed by atoms with E-state index in [0.29, 0.717) is 12.2 Å². The molecule has 0 radical (unpaired) electrons. The Morgan fingerprint density at radius 1 is 1.56 bits per heavy atom. The predicted octanol–water partition coefficient (Wildman–Crippen LogP) is 1.29. The molecule has 2 heterocycles. The smallest absolute Gasteiger partial charge is 0.135 e. The van der Waals surface area contributed by atoms with Crippen LogP contribution >= 0.6 is 0 Å². The van der Waals surface area contributed by atoms with Crippen molar-refractivity contribution in [2.24, 2.45) is 5.92 Å². The zero-order valence-electron chi connectivity index (χ0n) is 10.2. The molecule has 1 fully saturated rings. The van der Waals surface area contributed by atoms with Crippen molar-refractivity contribution in [2.45, 2.75) is 18.9 Å². The minimum absolute atomic E-state index is 0.162. The largest absolute Gasteiger partial charge is 0.466 e. The van der Waals surface area contributed by atoms with Crippen LogP contribution in [0.3, 0.4) is 0 Å². The molecule has 1 N–H and O–H groups in total. The third-order valence-corrected chi connectivity index (χ3v) is 3.56. The fourth-order valence-electron chi connectivity index (χ4n) is 2.36. The summed E-state index contributed by atoms with van der Waals surface area (Å²) in [6.45, 7) is 3.77. The summed E-state index contributed by atoms with van der Waals surface area (Å²) in [5, 5.41) is 15.0. The van der Waals surface area contributed by atoms with Gasteiger partial charge in [-0.15, -0.1) is 0 Å². The summed E-state index contributed by atoms with van der Waals surface area (Å²) in [6, 6.07) is 3.69. The van der Waals surface area contributed by atoms with Crippen molar-refractivity contribution >= 4 is 0 Å². The Bertz CT molecular complexity index is 337. The van der Waals surface area contributed by atoms with Crippen LogP contribution in [0.1, 0.15) is 19.1 Å². The quantitative estimate of drug-likeness (QED) is 0.821. The zero-order chi connectivity index (χ0) is 11.8. The normalized spacial score (nSPS) is 32.2. The molecule has 0 aliphatic carbocycles. The second-order valence-electron chi connectivity index (χ2n) is 4.81. The number of rotatable bonds is 2. The van der Waals surface area contributed by atoms with Gasteiger partial charge in [-0.25, -0.2) is 10.0 Å². The number of furan rings is 1. The van der Waals surface area contributed by atoms with Crippen molar-refractivity contribution in [1.82, 2.24) is 10.0 Å². The minimum atomic E-state index is -0.810. The van der Waals surface area contributed by atoms with E-state index in [0.717, 1.165) is 13.1 Å². The second kappa shape index (κ2) is 4.20. The second-order valence-corrected chi connectivity index (χ2v) is 4.81. The van der Waals surface area contributed by atoms with Gasteiger partial charge in [0, 0.05) is 33.1 Å². The third kappa shape index (κ3) is 1.88. The Kier molecular flexibility index (Phi) is 3.06. The first-order valence-electron chi connectivity index (χ1n) is 5.72. The Balaban J connectivity index is 2.15. The minimum Gasteiger partial charge on any atom is -0.466 e. The van der Waals surface area contributed by atoms with E-state index in [1.54, 1.807) is 6.26 Å². The Labute approximate surface area is 96.4 Å². The lowest BCUT2D eigenvalue weighted by molar-refractivity contribution is -0.128. The molecule has 0 spiro atoms. The van der Waals surface area contributed by atoms with Gasteiger partial charge in [0.05, 0.1) is 6.26 Å². The highest BCUT2D eigenvalue weighted by atomic mass is 16.4. The van der Waals surface area contributed by atoms with Gasteiger partial charge in [0.2, 0.25) is 0 Å². The van der Waals surface area contributed by atoms with Crippen LogP contribution in [0.25, 0.3) is 0 Å². The summed E-state index contributed by atoms with van der Waals surface area (Å²) in [6.07, 6.45) is 2.33. The van der Waals surface area contributed by atoms with Crippen LogP contribution in [0.4, 0.5) is 0 Å². The average molecular weight is 224 g/mol. The van der Waals surface area contributed by atoms with Crippen LogP contribution in [-0.2, 0) is 5.60 Å². The summed E-state index contributed by atoms with van der Waals surface area (Å²) in [7, 11) is 4.06. The summed E-state index contributed by atoms with van der Waals surface area (Å²) in [5.74, 6) is 0.855. The van der Waals surface area contributed by atoms with Crippen LogP contribution in [0.5, 0.6) is 0 Å². The highest BCUT2D eigenvalue weighted by Gasteiger charge is 2.42. The van der Waals surface area contributed by atoms with E-state index in [2.05, 4.69) is 16.9 Å². The SMILES string of the molecule is CC1CN(N(C)C)CCC1(O)c1ccco1. The van der Waals surface area contributed by atoms with Gasteiger partial charge >= 0.3 is 0 Å². The van der Waals surface area contributed by atoms with E-state index in [1.165, 1.54) is 0 Å². The standard InChI is InChI=1S/C12H20N2O2/c1-10-9-14(13(2)3)7-6-12(10,15)11-5-4-8-16-11/h4-5,8,10,15H,6-7,9H2,1-3H3. The van der Waals surface area contributed by atoms with Crippen LogP contribution in [0.2, 0.25) is 0 Å². The molecule has 0 aromatic carbocycles. The first kappa shape index (κ1) is 11.6. The fraction of sp³-hybridized carbons (Fsp3) is 0.667. The van der Waals surface area contributed by atoms with E-state index in [4.69, 9.17) is 4.42 Å². The van der Waals surface area contributed by atoms with Gasteiger partial charge in [0.15, 0.2) is 0 Å². The molecule has 90 valence electrons. The van der Waals surface area contributed by atoms with Crippen molar-refractivity contribution in [3.05, 3.63) is 24.2 Å². The van der Waals surface area contributed by atoms with E-state index in [-0.39, 0.29) is 5.92 Å². The van der Waals surface area contributed by atoms with Crippen molar-refractivity contribution in [3.63, 3.8) is 0 Å². The highest BCUT2D eigenvalue weighted by Crippen LogP contribution is 2.37. The molecule has 0 saturated carbocycles. The van der Waals surface area contributed by atoms with Crippen LogP contribution in [0.15, 0.2) is 22.8 Å². The molecule has 4 nitrogen and oxygen atoms in total. The van der Waals surface area contributed by atoms with Gasteiger partial charge in [0.1, 0.15) is 11.4 Å². The zero-order valence-corrected chi connectivity index (χ0v) is 10.2. The maximum Gasteiger partial charge on any atom is 0.135 e. The molecule has 2 unspecified atom stereocenters. The van der Waals surface area contributed by atoms with Crippen molar-refractivity contribution in [3.8, 4) is 0 Å². The summed E-state index contributed by atoms with van der Waals surface area (Å²) in [5.41, 5.74) is -0.810. The third-order valence-electron chi connectivity index (χ3n) is 3.56. The summed E-state index contributed by atoms with van der Waals surface area (Å²) >= 11 is 0. The summed E-state index contributed by atoms with van der Waals surface area (Å²) < 4.78 is 5.36. The van der Waals surface area contributed by atoms with Gasteiger partial charge in [-0.2, -0.15) is 0 Å². The highest BCUT2D eigenvalue weighted by molar-refractivity contribution is 5.12. The Hall–Kier alpha value is -0.840. The molecular weight excluding hydrogens is 204 g/mol. The number of aliphatic hydroxyl groups is 1. The number of hydrogen-bond acceptors (Lipinski definition) is 4. The number of hydrogen-bond donors (Lipinski definition) is 1. The van der Waals surface area contributed by atoms with E-state index >= 15 is 0 Å². The molecule has 4 heteroatoms. The first-order chi connectivity index (χ1) is 7.54. The predicted molar refractivity (Wildman–Crippen MR) is 61.6 cm³/mol. The number of piperidine rings is 1. The average Bonchev–Trinajstić information content (AvgIpc) is 2.75. The molecule has 2 rings (SSSR count). The maximum atomic E-state index is 10.7. The van der Waals surface area contributed by atoms with E-state index < -0.39 is 5.60 Å². The maximum absolute atomic E-state index is 10.7. The topological polar surface area (TPSA) is 39.9 Å². The summed E-state index contributed by atoms with van der Waals surface area (Å²) in [4.78, 5) is 0. The lowest BCUT2D eigenvalue weighted by Gasteiger charge is -2.44. The van der Waals surface area contributed by atoms with Gasteiger partial charge in [-0.05, 0) is 18.6 Å². The molecule has 1 saturated heterocycles. The molecule has 1 aliphatic rings. The molecule has 0 amide bonds. The van der Waals surface area contributed by atoms with Crippen LogP contribution in [0, 0.1) is 5.92 Å². The fourth-order valence-corrected chi connectivity index (χ4v) is 2.36. The monoisotopic (exact) mass is 224 g/mol. The molecule has 16 heavy (non-hydrogen) atoms. The van der Waals surface area contributed by atoms with E-state index in [1.807, 2.05) is 26.2 Å². The van der Waals surface area contributed by atoms with Gasteiger partial charge in [0.25, 0.3) is 0 Å².